The number of hydrogen-bond acceptors (Lipinski definition) is 4. The molecule has 1 aliphatic rings. The molecule has 0 spiro atoms. The van der Waals surface area contributed by atoms with Crippen molar-refractivity contribution in [2.45, 2.75) is 6.54 Å². The van der Waals surface area contributed by atoms with Crippen LogP contribution in [0.4, 0.5) is 0 Å². The van der Waals surface area contributed by atoms with Crippen LogP contribution in [0.15, 0.2) is 45.3 Å². The van der Waals surface area contributed by atoms with Gasteiger partial charge in [0.1, 0.15) is 11.5 Å². The third-order valence-corrected chi connectivity index (χ3v) is 4.33. The van der Waals surface area contributed by atoms with Gasteiger partial charge in [0, 0.05) is 36.2 Å². The minimum absolute atomic E-state index is 0. The summed E-state index contributed by atoms with van der Waals surface area (Å²) in [6, 6.07) is 12.2. The molecule has 24 heavy (non-hydrogen) atoms. The third-order valence-electron chi connectivity index (χ3n) is 3.80. The van der Waals surface area contributed by atoms with Crippen molar-refractivity contribution in [1.29, 1.82) is 0 Å². The summed E-state index contributed by atoms with van der Waals surface area (Å²) in [4.78, 5) is 2.42. The fourth-order valence-electron chi connectivity index (χ4n) is 2.52. The van der Waals surface area contributed by atoms with E-state index in [9.17, 15) is 0 Å². The van der Waals surface area contributed by atoms with Gasteiger partial charge in [0.05, 0.1) is 19.8 Å². The van der Waals surface area contributed by atoms with E-state index in [0.29, 0.717) is 0 Å². The first-order valence-electron chi connectivity index (χ1n) is 7.67. The van der Waals surface area contributed by atoms with Crippen molar-refractivity contribution < 1.29 is 34.0 Å². The van der Waals surface area contributed by atoms with Crippen molar-refractivity contribution in [3.63, 3.8) is 0 Å². The summed E-state index contributed by atoms with van der Waals surface area (Å²) in [5, 5.41) is 3.44. The molecule has 0 aliphatic carbocycles. The second kappa shape index (κ2) is 11.1. The van der Waals surface area contributed by atoms with Gasteiger partial charge >= 0.3 is 0 Å². The number of nitrogens with zero attached hydrogens (tertiary/aromatic N) is 1. The van der Waals surface area contributed by atoms with E-state index in [-0.39, 0.29) is 24.8 Å². The highest BCUT2D eigenvalue weighted by atomic mass is 79.9. The zero-order chi connectivity index (χ0) is 15.2. The summed E-state index contributed by atoms with van der Waals surface area (Å²) in [7, 11) is 0. The molecule has 2 heterocycles. The van der Waals surface area contributed by atoms with Crippen LogP contribution in [0.2, 0.25) is 0 Å². The molecule has 134 valence electrons. The largest absolute Gasteiger partial charge is 1.00 e. The van der Waals surface area contributed by atoms with Crippen LogP contribution in [0.3, 0.4) is 0 Å². The molecule has 0 unspecified atom stereocenters. The Balaban J connectivity index is 0.00000144. The van der Waals surface area contributed by atoms with Gasteiger partial charge in [-0.05, 0) is 24.3 Å². The van der Waals surface area contributed by atoms with E-state index in [2.05, 4.69) is 38.3 Å². The molecule has 1 fully saturated rings. The van der Waals surface area contributed by atoms with Gasteiger partial charge in [-0.1, -0.05) is 28.1 Å². The first-order chi connectivity index (χ1) is 10.8. The molecule has 0 saturated carbocycles. The van der Waals surface area contributed by atoms with Crippen LogP contribution in [0, 0.1) is 0 Å². The van der Waals surface area contributed by atoms with Crippen LogP contribution in [0.5, 0.6) is 0 Å². The van der Waals surface area contributed by atoms with E-state index in [1.54, 1.807) is 0 Å². The Morgan fingerprint density at radius 2 is 1.71 bits per heavy atom. The highest BCUT2D eigenvalue weighted by molar-refractivity contribution is 9.10. The Labute approximate surface area is 163 Å². The highest BCUT2D eigenvalue weighted by Crippen LogP contribution is 2.23. The molecule has 1 saturated heterocycles. The predicted octanol–water partition coefficient (Wildman–Crippen LogP) is -2.86. The number of ether oxygens (including phenoxy) is 1. The van der Waals surface area contributed by atoms with E-state index in [0.717, 1.165) is 67.5 Å². The van der Waals surface area contributed by atoms with E-state index in [1.807, 2.05) is 24.3 Å². The number of nitrogens with one attached hydrogen (secondary N) is 1. The average Bonchev–Trinajstić information content (AvgIpc) is 3.02. The van der Waals surface area contributed by atoms with Gasteiger partial charge in [-0.25, -0.2) is 0 Å². The standard InChI is InChI=1S/C17H21BrN2O2.2ClH/c18-15-3-1-14(2-4-15)17-6-5-16(22-17)13-19-7-8-20-9-11-21-12-10-20;;/h1-6,19H,7-13H2;2*1H/p-2. The molecule has 0 bridgehead atoms. The van der Waals surface area contributed by atoms with Crippen molar-refractivity contribution in [2.75, 3.05) is 39.4 Å². The SMILES string of the molecule is Brc1ccc(-c2ccc(CNCCN3CCOCC3)o2)cc1.[Cl-].[Cl-]. The van der Waals surface area contributed by atoms with Crippen molar-refractivity contribution in [1.82, 2.24) is 10.2 Å². The van der Waals surface area contributed by atoms with Crippen LogP contribution >= 0.6 is 15.9 Å². The Hall–Kier alpha value is -0.560. The molecule has 1 aromatic carbocycles. The third kappa shape index (κ3) is 6.39. The molecule has 0 radical (unpaired) electrons. The van der Waals surface area contributed by atoms with Crippen LogP contribution in [0.1, 0.15) is 5.76 Å². The Morgan fingerprint density at radius 3 is 2.42 bits per heavy atom. The quantitative estimate of drug-likeness (QED) is 0.495. The summed E-state index contributed by atoms with van der Waals surface area (Å²) in [5.41, 5.74) is 1.10. The minimum Gasteiger partial charge on any atom is -1.00 e. The minimum atomic E-state index is 0. The zero-order valence-corrected chi connectivity index (χ0v) is 16.4. The van der Waals surface area contributed by atoms with Crippen molar-refractivity contribution in [2.24, 2.45) is 0 Å². The summed E-state index contributed by atoms with van der Waals surface area (Å²) in [6.07, 6.45) is 0. The molecule has 1 aromatic heterocycles. The summed E-state index contributed by atoms with van der Waals surface area (Å²) in [6.45, 7) is 6.58. The fourth-order valence-corrected chi connectivity index (χ4v) is 2.78. The maximum atomic E-state index is 5.89. The number of halogens is 3. The molecule has 7 heteroatoms. The second-order valence-corrected chi connectivity index (χ2v) is 6.32. The van der Waals surface area contributed by atoms with Gasteiger partial charge in [-0.15, -0.1) is 0 Å². The second-order valence-electron chi connectivity index (χ2n) is 5.40. The lowest BCUT2D eigenvalue weighted by atomic mass is 10.2. The van der Waals surface area contributed by atoms with Gasteiger partial charge < -0.3 is 39.3 Å². The number of benzene rings is 1. The zero-order valence-electron chi connectivity index (χ0n) is 13.3. The predicted molar refractivity (Wildman–Crippen MR) is 90.8 cm³/mol. The Kier molecular flexibility index (Phi) is 9.96. The van der Waals surface area contributed by atoms with Crippen LogP contribution < -0.4 is 30.1 Å². The maximum absolute atomic E-state index is 5.89. The van der Waals surface area contributed by atoms with Crippen molar-refractivity contribution in [3.05, 3.63) is 46.6 Å². The van der Waals surface area contributed by atoms with Gasteiger partial charge in [-0.3, -0.25) is 4.90 Å². The molecule has 0 atom stereocenters. The molecule has 1 N–H and O–H groups in total. The summed E-state index contributed by atoms with van der Waals surface area (Å²) >= 11 is 3.45. The molecule has 4 nitrogen and oxygen atoms in total. The lowest BCUT2D eigenvalue weighted by Gasteiger charge is -2.26. The fraction of sp³-hybridized carbons (Fsp3) is 0.412. The molecular formula is C17H21BrCl2N2O2-2. The normalized spacial score (nSPS) is 14.7. The van der Waals surface area contributed by atoms with Gasteiger partial charge in [0.25, 0.3) is 0 Å². The number of rotatable bonds is 6. The maximum Gasteiger partial charge on any atom is 0.134 e. The van der Waals surface area contributed by atoms with Crippen LogP contribution in [0.25, 0.3) is 11.3 Å². The van der Waals surface area contributed by atoms with E-state index < -0.39 is 0 Å². The summed E-state index contributed by atoms with van der Waals surface area (Å²) < 4.78 is 12.3. The topological polar surface area (TPSA) is 37.6 Å². The average molecular weight is 436 g/mol. The van der Waals surface area contributed by atoms with E-state index in [1.165, 1.54) is 0 Å². The molecular weight excluding hydrogens is 415 g/mol. The first-order valence-corrected chi connectivity index (χ1v) is 8.46. The molecule has 3 rings (SSSR count). The lowest BCUT2D eigenvalue weighted by molar-refractivity contribution is -0.00100. The number of hydrogen-bond donors (Lipinski definition) is 1. The number of morpholine rings is 1. The molecule has 0 amide bonds. The Morgan fingerprint density at radius 1 is 1.00 bits per heavy atom. The smallest absolute Gasteiger partial charge is 0.134 e. The van der Waals surface area contributed by atoms with Crippen molar-refractivity contribution >= 4 is 15.9 Å². The number of furan rings is 1. The summed E-state index contributed by atoms with van der Waals surface area (Å²) in [5.74, 6) is 1.89. The van der Waals surface area contributed by atoms with Gasteiger partial charge in [0.15, 0.2) is 0 Å². The van der Waals surface area contributed by atoms with Crippen LogP contribution in [-0.2, 0) is 11.3 Å². The monoisotopic (exact) mass is 434 g/mol. The van der Waals surface area contributed by atoms with Crippen LogP contribution in [-0.4, -0.2) is 44.3 Å². The van der Waals surface area contributed by atoms with E-state index >= 15 is 0 Å². The lowest BCUT2D eigenvalue weighted by Crippen LogP contribution is -3.00. The van der Waals surface area contributed by atoms with E-state index in [4.69, 9.17) is 9.15 Å². The van der Waals surface area contributed by atoms with Crippen molar-refractivity contribution in [3.8, 4) is 11.3 Å². The molecule has 2 aromatic rings. The first kappa shape index (κ1) is 21.5. The molecule has 1 aliphatic heterocycles. The Bertz CT molecular complexity index is 587. The highest BCUT2D eigenvalue weighted by Gasteiger charge is 2.09. The van der Waals surface area contributed by atoms with Gasteiger partial charge in [-0.2, -0.15) is 0 Å². The van der Waals surface area contributed by atoms with Gasteiger partial charge in [0.2, 0.25) is 0 Å².